The molecule has 0 aromatic carbocycles. The number of likely N-dealkylation sites (tertiary alicyclic amines) is 1. The van der Waals surface area contributed by atoms with E-state index in [9.17, 15) is 4.79 Å². The molecule has 0 bridgehead atoms. The molecule has 1 saturated carbocycles. The fourth-order valence-electron chi connectivity index (χ4n) is 3.85. The second-order valence-corrected chi connectivity index (χ2v) is 7.91. The van der Waals surface area contributed by atoms with E-state index >= 15 is 0 Å². The Labute approximate surface area is 127 Å². The van der Waals surface area contributed by atoms with Crippen LogP contribution in [-0.4, -0.2) is 55.4 Å². The van der Waals surface area contributed by atoms with E-state index < -0.39 is 5.60 Å². The highest BCUT2D eigenvalue weighted by molar-refractivity contribution is 5.68. The van der Waals surface area contributed by atoms with Crippen molar-refractivity contribution in [2.24, 2.45) is 17.8 Å². The monoisotopic (exact) mass is 295 g/mol. The Bertz CT molecular complexity index is 375. The van der Waals surface area contributed by atoms with Gasteiger partial charge in [-0.05, 0) is 64.5 Å². The standard InChI is InChI=1S/C16H29N3O2/c1-16(2,3)21-15(20)18-14-12-9-19(10-13(12)14)8-11-4-6-17-7-5-11/h11-14,17H,4-10H2,1-3H3,(H,18,20). The van der Waals surface area contributed by atoms with E-state index in [4.69, 9.17) is 4.74 Å². The molecule has 0 aromatic rings. The van der Waals surface area contributed by atoms with Gasteiger partial charge in [0.15, 0.2) is 0 Å². The molecule has 1 amide bonds. The number of piperidine rings is 2. The second kappa shape index (κ2) is 5.76. The van der Waals surface area contributed by atoms with Gasteiger partial charge >= 0.3 is 6.09 Å². The van der Waals surface area contributed by atoms with Crippen LogP contribution in [0.4, 0.5) is 4.79 Å². The van der Waals surface area contributed by atoms with E-state index in [0.717, 1.165) is 19.0 Å². The van der Waals surface area contributed by atoms with Gasteiger partial charge in [0, 0.05) is 25.7 Å². The van der Waals surface area contributed by atoms with Crippen LogP contribution in [0.15, 0.2) is 0 Å². The first-order chi connectivity index (χ1) is 9.92. The molecule has 5 heteroatoms. The Kier molecular flexibility index (Phi) is 4.14. The highest BCUT2D eigenvalue weighted by Crippen LogP contribution is 2.45. The molecule has 3 fully saturated rings. The zero-order chi connectivity index (χ0) is 15.0. The summed E-state index contributed by atoms with van der Waals surface area (Å²) in [6.45, 7) is 11.6. The number of carbonyl (C=O) groups excluding carboxylic acids is 1. The van der Waals surface area contributed by atoms with Gasteiger partial charge < -0.3 is 20.3 Å². The van der Waals surface area contributed by atoms with E-state index in [0.29, 0.717) is 17.9 Å². The van der Waals surface area contributed by atoms with Crippen LogP contribution in [0.1, 0.15) is 33.6 Å². The summed E-state index contributed by atoms with van der Waals surface area (Å²) in [5.74, 6) is 2.17. The average Bonchev–Trinajstić information content (AvgIpc) is 2.83. The molecule has 3 aliphatic rings. The van der Waals surface area contributed by atoms with E-state index in [-0.39, 0.29) is 6.09 Å². The Morgan fingerprint density at radius 2 is 1.86 bits per heavy atom. The Hall–Kier alpha value is -0.810. The SMILES string of the molecule is CC(C)(C)OC(=O)NC1C2CN(CC3CCNCC3)CC21. The van der Waals surface area contributed by atoms with Gasteiger partial charge in [-0.25, -0.2) is 4.79 Å². The van der Waals surface area contributed by atoms with Crippen LogP contribution in [0.3, 0.4) is 0 Å². The minimum absolute atomic E-state index is 0.258. The number of nitrogens with one attached hydrogen (secondary N) is 2. The van der Waals surface area contributed by atoms with Crippen LogP contribution in [0, 0.1) is 17.8 Å². The van der Waals surface area contributed by atoms with Crippen LogP contribution in [-0.2, 0) is 4.74 Å². The lowest BCUT2D eigenvalue weighted by atomic mass is 9.97. The summed E-state index contributed by atoms with van der Waals surface area (Å²) in [6, 6.07) is 0.351. The van der Waals surface area contributed by atoms with Crippen molar-refractivity contribution in [3.8, 4) is 0 Å². The molecule has 21 heavy (non-hydrogen) atoms. The summed E-state index contributed by atoms with van der Waals surface area (Å²) in [5, 5.41) is 6.46. The number of nitrogens with zero attached hydrogens (tertiary/aromatic N) is 1. The van der Waals surface area contributed by atoms with Gasteiger partial charge in [-0.1, -0.05) is 0 Å². The Morgan fingerprint density at radius 3 is 2.43 bits per heavy atom. The van der Waals surface area contributed by atoms with E-state index in [2.05, 4.69) is 15.5 Å². The van der Waals surface area contributed by atoms with E-state index in [1.165, 1.54) is 32.5 Å². The first-order valence-electron chi connectivity index (χ1n) is 8.35. The predicted molar refractivity (Wildman–Crippen MR) is 82.2 cm³/mol. The molecule has 2 N–H and O–H groups in total. The molecular formula is C16H29N3O2. The summed E-state index contributed by atoms with van der Waals surface area (Å²) >= 11 is 0. The molecule has 0 radical (unpaired) electrons. The first-order valence-corrected chi connectivity index (χ1v) is 8.35. The third kappa shape index (κ3) is 3.89. The van der Waals surface area contributed by atoms with Crippen molar-refractivity contribution in [3.63, 3.8) is 0 Å². The lowest BCUT2D eigenvalue weighted by Crippen LogP contribution is -2.40. The maximum Gasteiger partial charge on any atom is 0.407 e. The third-order valence-electron chi connectivity index (χ3n) is 4.93. The molecule has 120 valence electrons. The normalized spacial score (nSPS) is 33.6. The van der Waals surface area contributed by atoms with Gasteiger partial charge in [0.1, 0.15) is 5.60 Å². The number of hydrogen-bond acceptors (Lipinski definition) is 4. The zero-order valence-corrected chi connectivity index (χ0v) is 13.5. The smallest absolute Gasteiger partial charge is 0.407 e. The number of ether oxygens (including phenoxy) is 1. The summed E-state index contributed by atoms with van der Waals surface area (Å²) in [4.78, 5) is 14.4. The molecule has 3 rings (SSSR count). The van der Waals surface area contributed by atoms with Gasteiger partial charge in [-0.15, -0.1) is 0 Å². The van der Waals surface area contributed by atoms with Gasteiger partial charge in [-0.3, -0.25) is 0 Å². The largest absolute Gasteiger partial charge is 0.444 e. The van der Waals surface area contributed by atoms with Crippen molar-refractivity contribution in [1.29, 1.82) is 0 Å². The summed E-state index contributed by atoms with van der Waals surface area (Å²) < 4.78 is 5.33. The van der Waals surface area contributed by atoms with Gasteiger partial charge in [0.05, 0.1) is 0 Å². The maximum atomic E-state index is 11.8. The van der Waals surface area contributed by atoms with Crippen molar-refractivity contribution in [1.82, 2.24) is 15.5 Å². The third-order valence-corrected chi connectivity index (χ3v) is 4.93. The fourth-order valence-corrected chi connectivity index (χ4v) is 3.85. The van der Waals surface area contributed by atoms with Crippen LogP contribution in [0.5, 0.6) is 0 Å². The van der Waals surface area contributed by atoms with Crippen LogP contribution in [0.25, 0.3) is 0 Å². The van der Waals surface area contributed by atoms with Crippen molar-refractivity contribution in [3.05, 3.63) is 0 Å². The number of hydrogen-bond donors (Lipinski definition) is 2. The van der Waals surface area contributed by atoms with Crippen molar-refractivity contribution >= 4 is 6.09 Å². The number of amides is 1. The first kappa shape index (κ1) is 15.1. The fraction of sp³-hybridized carbons (Fsp3) is 0.938. The van der Waals surface area contributed by atoms with Gasteiger partial charge in [-0.2, -0.15) is 0 Å². The number of rotatable bonds is 3. The van der Waals surface area contributed by atoms with Crippen molar-refractivity contribution in [2.75, 3.05) is 32.7 Å². The Balaban J connectivity index is 1.37. The zero-order valence-electron chi connectivity index (χ0n) is 13.5. The quantitative estimate of drug-likeness (QED) is 0.827. The second-order valence-electron chi connectivity index (χ2n) is 7.91. The molecule has 0 aromatic heterocycles. The minimum Gasteiger partial charge on any atom is -0.444 e. The highest BCUT2D eigenvalue weighted by Gasteiger charge is 2.56. The van der Waals surface area contributed by atoms with Crippen LogP contribution in [0.2, 0.25) is 0 Å². The van der Waals surface area contributed by atoms with Gasteiger partial charge in [0.25, 0.3) is 0 Å². The molecule has 2 unspecified atom stereocenters. The topological polar surface area (TPSA) is 53.6 Å². The molecule has 0 spiro atoms. The lowest BCUT2D eigenvalue weighted by molar-refractivity contribution is 0.0513. The molecule has 2 heterocycles. The van der Waals surface area contributed by atoms with E-state index in [1.54, 1.807) is 0 Å². The molecule has 5 nitrogen and oxygen atoms in total. The molecule has 2 aliphatic heterocycles. The summed E-state index contributed by atoms with van der Waals surface area (Å²) in [6.07, 6.45) is 2.36. The summed E-state index contributed by atoms with van der Waals surface area (Å²) in [7, 11) is 0. The maximum absolute atomic E-state index is 11.8. The van der Waals surface area contributed by atoms with Crippen molar-refractivity contribution in [2.45, 2.75) is 45.3 Å². The molecule has 1 aliphatic carbocycles. The van der Waals surface area contributed by atoms with Gasteiger partial charge in [0.2, 0.25) is 0 Å². The average molecular weight is 295 g/mol. The molecule has 2 saturated heterocycles. The molecular weight excluding hydrogens is 266 g/mol. The molecule has 2 atom stereocenters. The number of carbonyl (C=O) groups is 1. The van der Waals surface area contributed by atoms with E-state index in [1.807, 2.05) is 20.8 Å². The Morgan fingerprint density at radius 1 is 1.24 bits per heavy atom. The highest BCUT2D eigenvalue weighted by atomic mass is 16.6. The van der Waals surface area contributed by atoms with Crippen LogP contribution < -0.4 is 10.6 Å². The lowest BCUT2D eigenvalue weighted by Gasteiger charge is -2.28. The minimum atomic E-state index is -0.408. The summed E-state index contributed by atoms with van der Waals surface area (Å²) in [5.41, 5.74) is -0.408. The number of fused-ring (bicyclic) bond motifs is 1. The number of alkyl carbamates (subject to hydrolysis) is 1. The van der Waals surface area contributed by atoms with Crippen molar-refractivity contribution < 1.29 is 9.53 Å². The predicted octanol–water partition coefficient (Wildman–Crippen LogP) is 1.44. The van der Waals surface area contributed by atoms with Crippen LogP contribution >= 0.6 is 0 Å².